The smallest absolute Gasteiger partial charge is 0.257 e. The molecule has 3 fully saturated rings. The maximum atomic E-state index is 14.2. The van der Waals surface area contributed by atoms with Crippen LogP contribution < -0.4 is 15.0 Å². The van der Waals surface area contributed by atoms with Gasteiger partial charge in [-0.2, -0.15) is 0 Å². The Bertz CT molecular complexity index is 1220. The molecule has 0 aliphatic carbocycles. The van der Waals surface area contributed by atoms with E-state index in [1.807, 2.05) is 25.7 Å². The number of hydrogen-bond acceptors (Lipinski definition) is 7. The van der Waals surface area contributed by atoms with Crippen LogP contribution >= 0.6 is 0 Å². The number of aromatic nitrogens is 2. The fraction of sp³-hybridized carbons (Fsp3) is 0.600. The van der Waals surface area contributed by atoms with Crippen molar-refractivity contribution in [3.05, 3.63) is 42.1 Å². The first-order valence-corrected chi connectivity index (χ1v) is 14.5. The van der Waals surface area contributed by atoms with Crippen LogP contribution in [0.4, 0.5) is 10.2 Å². The Morgan fingerprint density at radius 3 is 2.60 bits per heavy atom. The van der Waals surface area contributed by atoms with Crippen molar-refractivity contribution in [3.63, 3.8) is 0 Å². The number of carbonyl (C=O) groups excluding carboxylic acids is 2. The van der Waals surface area contributed by atoms with Crippen LogP contribution in [0.2, 0.25) is 0 Å². The van der Waals surface area contributed by atoms with E-state index >= 15 is 0 Å². The highest BCUT2D eigenvalue weighted by Crippen LogP contribution is 2.45. The molecule has 10 heteroatoms. The molecule has 2 aromatic rings. The number of likely N-dealkylation sites (tertiary alicyclic amines) is 1. The number of anilines is 1. The summed E-state index contributed by atoms with van der Waals surface area (Å²) in [5.74, 6) is 1.44. The summed E-state index contributed by atoms with van der Waals surface area (Å²) in [6.07, 6.45) is 7.00. The first kappa shape index (κ1) is 28.3. The Morgan fingerprint density at radius 2 is 1.95 bits per heavy atom. The van der Waals surface area contributed by atoms with E-state index in [0.717, 1.165) is 58.4 Å². The third-order valence-electron chi connectivity index (χ3n) is 8.72. The molecule has 3 aliphatic rings. The van der Waals surface area contributed by atoms with Crippen LogP contribution in [-0.4, -0.2) is 82.9 Å². The molecule has 1 aromatic carbocycles. The molecule has 0 unspecified atom stereocenters. The SMILES string of the molecule is CCN(C(=O)c1cc(F)ccc1Oc1cncnc1N1CC2(CCN(C(=O)[C@@H]3CC[C@@H](C)CN3)CC2)C1)C(C)C. The number of halogens is 1. The van der Waals surface area contributed by atoms with Gasteiger partial charge in [0.15, 0.2) is 11.6 Å². The van der Waals surface area contributed by atoms with Crippen molar-refractivity contribution >= 4 is 17.6 Å². The average Bonchev–Trinajstić information content (AvgIpc) is 2.93. The fourth-order valence-electron chi connectivity index (χ4n) is 6.26. The van der Waals surface area contributed by atoms with Gasteiger partial charge in [0.05, 0.1) is 17.8 Å². The minimum atomic E-state index is -0.497. The number of benzene rings is 1. The van der Waals surface area contributed by atoms with Crippen molar-refractivity contribution < 1.29 is 18.7 Å². The molecule has 5 rings (SSSR count). The van der Waals surface area contributed by atoms with Gasteiger partial charge in [0.25, 0.3) is 5.91 Å². The van der Waals surface area contributed by atoms with Crippen LogP contribution in [0.5, 0.6) is 11.5 Å². The summed E-state index contributed by atoms with van der Waals surface area (Å²) in [6, 6.07) is 3.92. The molecular formula is C30H41FN6O3. The molecule has 40 heavy (non-hydrogen) atoms. The topological polar surface area (TPSA) is 90.9 Å². The van der Waals surface area contributed by atoms with Crippen molar-refractivity contribution in [3.8, 4) is 11.5 Å². The second-order valence-electron chi connectivity index (χ2n) is 12.0. The van der Waals surface area contributed by atoms with Crippen molar-refractivity contribution in [1.29, 1.82) is 0 Å². The van der Waals surface area contributed by atoms with Gasteiger partial charge in [-0.15, -0.1) is 0 Å². The Hall–Kier alpha value is -3.27. The van der Waals surface area contributed by atoms with Gasteiger partial charge in [-0.25, -0.2) is 14.4 Å². The number of rotatable bonds is 7. The third-order valence-corrected chi connectivity index (χ3v) is 8.72. The maximum absolute atomic E-state index is 14.2. The molecule has 1 spiro atoms. The number of nitrogens with zero attached hydrogens (tertiary/aromatic N) is 5. The van der Waals surface area contributed by atoms with Crippen LogP contribution in [0, 0.1) is 17.2 Å². The van der Waals surface area contributed by atoms with E-state index in [0.29, 0.717) is 24.0 Å². The van der Waals surface area contributed by atoms with Crippen LogP contribution in [0.15, 0.2) is 30.7 Å². The summed E-state index contributed by atoms with van der Waals surface area (Å²) in [5, 5.41) is 3.43. The maximum Gasteiger partial charge on any atom is 0.257 e. The normalized spacial score (nSPS) is 22.2. The second kappa shape index (κ2) is 11.7. The summed E-state index contributed by atoms with van der Waals surface area (Å²) >= 11 is 0. The van der Waals surface area contributed by atoms with Gasteiger partial charge in [0.2, 0.25) is 5.91 Å². The molecule has 2 atom stereocenters. The monoisotopic (exact) mass is 552 g/mol. The number of carbonyl (C=O) groups is 2. The molecule has 1 aromatic heterocycles. The minimum Gasteiger partial charge on any atom is -0.451 e. The summed E-state index contributed by atoms with van der Waals surface area (Å²) in [4.78, 5) is 40.8. The molecule has 1 N–H and O–H groups in total. The third kappa shape index (κ3) is 5.77. The number of hydrogen-bond donors (Lipinski definition) is 1. The van der Waals surface area contributed by atoms with Gasteiger partial charge in [0.1, 0.15) is 17.9 Å². The molecule has 0 saturated carbocycles. The minimum absolute atomic E-state index is 0.0362. The highest BCUT2D eigenvalue weighted by atomic mass is 19.1. The van der Waals surface area contributed by atoms with Crippen molar-refractivity contribution in [2.75, 3.05) is 44.2 Å². The number of amides is 2. The van der Waals surface area contributed by atoms with Gasteiger partial charge < -0.3 is 24.8 Å². The lowest BCUT2D eigenvalue weighted by atomic mass is 9.72. The van der Waals surface area contributed by atoms with E-state index in [2.05, 4.69) is 27.1 Å². The molecular weight excluding hydrogens is 511 g/mol. The predicted octanol–water partition coefficient (Wildman–Crippen LogP) is 4.10. The van der Waals surface area contributed by atoms with E-state index in [1.165, 1.54) is 24.5 Å². The second-order valence-corrected chi connectivity index (χ2v) is 12.0. The largest absolute Gasteiger partial charge is 0.451 e. The standard InChI is InChI=1S/C30H41FN6O3/c1-5-37(20(2)3)28(38)23-14-22(31)7-9-25(23)40-26-16-32-19-34-27(26)36-17-30(18-36)10-12-35(13-11-30)29(39)24-8-6-21(4)15-33-24/h7,9,14,16,19-21,24,33H,5-6,8,10-13,15,17-18H2,1-4H3/t21-,24+/m1/s1. The van der Waals surface area contributed by atoms with Gasteiger partial charge in [-0.05, 0) is 77.1 Å². The zero-order valence-corrected chi connectivity index (χ0v) is 24.0. The molecule has 0 bridgehead atoms. The summed E-state index contributed by atoms with van der Waals surface area (Å²) in [6.45, 7) is 12.6. The van der Waals surface area contributed by atoms with Crippen LogP contribution in [-0.2, 0) is 4.79 Å². The molecule has 4 heterocycles. The predicted molar refractivity (Wildman–Crippen MR) is 151 cm³/mol. The zero-order valence-electron chi connectivity index (χ0n) is 24.0. The van der Waals surface area contributed by atoms with E-state index in [-0.39, 0.29) is 40.6 Å². The van der Waals surface area contributed by atoms with E-state index in [1.54, 1.807) is 11.1 Å². The molecule has 216 valence electrons. The number of piperidine rings is 2. The summed E-state index contributed by atoms with van der Waals surface area (Å²) in [5.41, 5.74) is 0.313. The number of ether oxygens (including phenoxy) is 1. The lowest BCUT2D eigenvalue weighted by Crippen LogP contribution is -2.62. The Kier molecular flexibility index (Phi) is 8.26. The Labute approximate surface area is 236 Å². The highest BCUT2D eigenvalue weighted by molar-refractivity contribution is 5.97. The van der Waals surface area contributed by atoms with E-state index in [9.17, 15) is 14.0 Å². The molecule has 2 amide bonds. The van der Waals surface area contributed by atoms with Crippen molar-refractivity contribution in [2.24, 2.45) is 11.3 Å². The summed E-state index contributed by atoms with van der Waals surface area (Å²) in [7, 11) is 0. The molecule has 0 radical (unpaired) electrons. The first-order valence-electron chi connectivity index (χ1n) is 14.5. The van der Waals surface area contributed by atoms with Crippen LogP contribution in [0.3, 0.4) is 0 Å². The molecule has 9 nitrogen and oxygen atoms in total. The van der Waals surface area contributed by atoms with Crippen LogP contribution in [0.1, 0.15) is 63.7 Å². The number of nitrogens with one attached hydrogen (secondary N) is 1. The van der Waals surface area contributed by atoms with Gasteiger partial charge >= 0.3 is 0 Å². The average molecular weight is 553 g/mol. The summed E-state index contributed by atoms with van der Waals surface area (Å²) < 4.78 is 20.4. The van der Waals surface area contributed by atoms with Crippen molar-refractivity contribution in [2.45, 2.75) is 65.5 Å². The lowest BCUT2D eigenvalue weighted by Gasteiger charge is -2.54. The lowest BCUT2D eigenvalue weighted by molar-refractivity contribution is -0.136. The highest BCUT2D eigenvalue weighted by Gasteiger charge is 2.47. The van der Waals surface area contributed by atoms with Gasteiger partial charge in [-0.1, -0.05) is 6.92 Å². The van der Waals surface area contributed by atoms with Gasteiger partial charge in [0, 0.05) is 44.2 Å². The molecule has 3 saturated heterocycles. The van der Waals surface area contributed by atoms with Crippen molar-refractivity contribution in [1.82, 2.24) is 25.1 Å². The van der Waals surface area contributed by atoms with E-state index in [4.69, 9.17) is 4.74 Å². The molecule has 3 aliphatic heterocycles. The van der Waals surface area contributed by atoms with Crippen LogP contribution in [0.25, 0.3) is 0 Å². The Morgan fingerprint density at radius 1 is 1.20 bits per heavy atom. The Balaban J connectivity index is 1.24. The first-order chi connectivity index (χ1) is 19.2. The quantitative estimate of drug-likeness (QED) is 0.553. The zero-order chi connectivity index (χ0) is 28.4. The van der Waals surface area contributed by atoms with E-state index < -0.39 is 5.82 Å². The van der Waals surface area contributed by atoms with Gasteiger partial charge in [-0.3, -0.25) is 9.59 Å². The fourth-order valence-corrected chi connectivity index (χ4v) is 6.26.